The maximum absolute atomic E-state index is 13.3. The third kappa shape index (κ3) is 4.43. The number of nitrogens with zero attached hydrogens (tertiary/aromatic N) is 2. The molecule has 0 unspecified atom stereocenters. The number of hydrogen-bond donors (Lipinski definition) is 1. The topological polar surface area (TPSA) is 77.9 Å². The average molecular weight is 467 g/mol. The fraction of sp³-hybridized carbons (Fsp3) is 0.423. The summed E-state index contributed by atoms with van der Waals surface area (Å²) in [5.41, 5.74) is 2.55. The molecule has 2 heterocycles. The number of aliphatic hydroxyl groups is 1. The molecule has 2 aliphatic heterocycles. The van der Waals surface area contributed by atoms with Crippen LogP contribution in [0.3, 0.4) is 0 Å². The second kappa shape index (κ2) is 9.30. The summed E-state index contributed by atoms with van der Waals surface area (Å²) >= 11 is 0. The Bertz CT molecular complexity index is 1190. The number of benzene rings is 2. The number of sulfonamides is 1. The predicted octanol–water partition coefficient (Wildman–Crippen LogP) is 2.75. The number of carbonyl (C=O) groups is 1. The largest absolute Gasteiger partial charge is 0.394 e. The van der Waals surface area contributed by atoms with Crippen LogP contribution in [-0.4, -0.2) is 60.4 Å². The van der Waals surface area contributed by atoms with Crippen molar-refractivity contribution in [1.29, 1.82) is 0 Å². The van der Waals surface area contributed by atoms with Crippen LogP contribution in [0.25, 0.3) is 0 Å². The van der Waals surface area contributed by atoms with Crippen molar-refractivity contribution in [2.24, 2.45) is 5.92 Å². The summed E-state index contributed by atoms with van der Waals surface area (Å²) in [5, 5.41) is 9.99. The van der Waals surface area contributed by atoms with Gasteiger partial charge >= 0.3 is 0 Å². The van der Waals surface area contributed by atoms with Crippen LogP contribution in [-0.2, 0) is 14.8 Å². The van der Waals surface area contributed by atoms with E-state index in [1.807, 2.05) is 24.3 Å². The number of rotatable bonds is 5. The van der Waals surface area contributed by atoms with E-state index < -0.39 is 10.0 Å². The van der Waals surface area contributed by atoms with Crippen molar-refractivity contribution in [3.05, 3.63) is 65.2 Å². The van der Waals surface area contributed by atoms with Crippen LogP contribution in [0.15, 0.2) is 53.4 Å². The standard InChI is InChI=1S/C26H30N2O4S/c1-18(2)7-6-9-20-11-13-21(14-12-20)26-22-15-27(16-25(30)28(22)23(26)17-29)33(31,32)24-10-5-4-8-19(24)3/h4-5,8,10-14,18,22-23,26,29H,7,15-17H2,1-3H3/t22-,23+,26+/m1/s1. The van der Waals surface area contributed by atoms with Gasteiger partial charge in [0.05, 0.1) is 30.1 Å². The van der Waals surface area contributed by atoms with Gasteiger partial charge in [-0.05, 0) is 42.2 Å². The fourth-order valence-electron chi connectivity index (χ4n) is 4.78. The number of piperazine rings is 1. The normalized spacial score (nSPS) is 23.0. The van der Waals surface area contributed by atoms with Crippen LogP contribution < -0.4 is 0 Å². The van der Waals surface area contributed by atoms with Crippen LogP contribution in [0.4, 0.5) is 0 Å². The third-order valence-corrected chi connectivity index (χ3v) is 8.44. The molecule has 2 aromatic rings. The van der Waals surface area contributed by atoms with Crippen molar-refractivity contribution in [3.8, 4) is 11.8 Å². The Hall–Kier alpha value is -2.66. The van der Waals surface area contributed by atoms with E-state index in [2.05, 4.69) is 25.7 Å². The van der Waals surface area contributed by atoms with Crippen LogP contribution >= 0.6 is 0 Å². The Morgan fingerprint density at radius 1 is 1.12 bits per heavy atom. The molecule has 0 spiro atoms. The highest BCUT2D eigenvalue weighted by Gasteiger charge is 2.55. The van der Waals surface area contributed by atoms with E-state index in [9.17, 15) is 18.3 Å². The van der Waals surface area contributed by atoms with E-state index in [4.69, 9.17) is 0 Å². The summed E-state index contributed by atoms with van der Waals surface area (Å²) < 4.78 is 27.9. The second-order valence-electron chi connectivity index (χ2n) is 9.23. The van der Waals surface area contributed by atoms with Crippen LogP contribution in [0.5, 0.6) is 0 Å². The predicted molar refractivity (Wildman–Crippen MR) is 127 cm³/mol. The summed E-state index contributed by atoms with van der Waals surface area (Å²) in [7, 11) is -3.80. The monoisotopic (exact) mass is 466 g/mol. The summed E-state index contributed by atoms with van der Waals surface area (Å²) in [6, 6.07) is 14.0. The van der Waals surface area contributed by atoms with Crippen molar-refractivity contribution in [2.45, 2.75) is 50.1 Å². The van der Waals surface area contributed by atoms with Gasteiger partial charge in [0.15, 0.2) is 0 Å². The molecule has 4 rings (SSSR count). The molecule has 6 nitrogen and oxygen atoms in total. The lowest BCUT2D eigenvalue weighted by Crippen LogP contribution is -2.73. The summed E-state index contributed by atoms with van der Waals surface area (Å²) in [6.45, 7) is 5.85. The number of aryl methyl sites for hydroxylation is 1. The van der Waals surface area contributed by atoms with Gasteiger partial charge in [-0.15, -0.1) is 0 Å². The molecule has 33 heavy (non-hydrogen) atoms. The first-order valence-corrected chi connectivity index (χ1v) is 12.7. The molecule has 2 fully saturated rings. The van der Waals surface area contributed by atoms with Crippen LogP contribution in [0.2, 0.25) is 0 Å². The molecular weight excluding hydrogens is 436 g/mol. The SMILES string of the molecule is Cc1ccccc1S(=O)(=O)N1CC(=O)N2[C@H](C1)[C@H](c1ccc(C#CCC(C)C)cc1)[C@@H]2CO. The molecule has 0 aromatic heterocycles. The first-order chi connectivity index (χ1) is 15.7. The van der Waals surface area contributed by atoms with Gasteiger partial charge in [0, 0.05) is 24.4 Å². The van der Waals surface area contributed by atoms with Gasteiger partial charge in [0.2, 0.25) is 15.9 Å². The highest BCUT2D eigenvalue weighted by Crippen LogP contribution is 2.43. The Morgan fingerprint density at radius 2 is 1.82 bits per heavy atom. The molecule has 1 N–H and O–H groups in total. The zero-order valence-electron chi connectivity index (χ0n) is 19.2. The van der Waals surface area contributed by atoms with E-state index in [0.717, 1.165) is 17.5 Å². The fourth-order valence-corrected chi connectivity index (χ4v) is 6.42. The molecule has 0 bridgehead atoms. The Labute approximate surface area is 196 Å². The van der Waals surface area contributed by atoms with Gasteiger partial charge in [-0.3, -0.25) is 4.79 Å². The van der Waals surface area contributed by atoms with Crippen molar-refractivity contribution < 1.29 is 18.3 Å². The summed E-state index contributed by atoms with van der Waals surface area (Å²) in [5.74, 6) is 6.46. The zero-order valence-corrected chi connectivity index (χ0v) is 20.0. The minimum atomic E-state index is -3.80. The quantitative estimate of drug-likeness (QED) is 0.688. The third-order valence-electron chi connectivity index (χ3n) is 6.47. The molecule has 1 amide bonds. The second-order valence-corrected chi connectivity index (χ2v) is 11.1. The average Bonchev–Trinajstić information content (AvgIpc) is 2.76. The highest BCUT2D eigenvalue weighted by molar-refractivity contribution is 7.89. The molecular formula is C26H30N2O4S. The number of fused-ring (bicyclic) bond motifs is 1. The lowest BCUT2D eigenvalue weighted by molar-refractivity contribution is -0.158. The first kappa shape index (κ1) is 23.5. The lowest BCUT2D eigenvalue weighted by atomic mass is 9.74. The first-order valence-electron chi connectivity index (χ1n) is 11.3. The van der Waals surface area contributed by atoms with Crippen LogP contribution in [0.1, 0.15) is 42.9 Å². The lowest BCUT2D eigenvalue weighted by Gasteiger charge is -2.58. The summed E-state index contributed by atoms with van der Waals surface area (Å²) in [4.78, 5) is 14.8. The van der Waals surface area contributed by atoms with Gasteiger partial charge < -0.3 is 10.0 Å². The van der Waals surface area contributed by atoms with Gasteiger partial charge in [-0.2, -0.15) is 4.31 Å². The van der Waals surface area contributed by atoms with Crippen molar-refractivity contribution >= 4 is 15.9 Å². The van der Waals surface area contributed by atoms with Gasteiger partial charge in [0.25, 0.3) is 0 Å². The van der Waals surface area contributed by atoms with E-state index >= 15 is 0 Å². The molecule has 174 valence electrons. The van der Waals surface area contributed by atoms with E-state index in [1.54, 1.807) is 36.1 Å². The van der Waals surface area contributed by atoms with Crippen molar-refractivity contribution in [2.75, 3.05) is 19.7 Å². The van der Waals surface area contributed by atoms with E-state index in [1.165, 1.54) is 4.31 Å². The minimum Gasteiger partial charge on any atom is -0.394 e. The maximum atomic E-state index is 13.3. The zero-order chi connectivity index (χ0) is 23.8. The molecule has 3 atom stereocenters. The summed E-state index contributed by atoms with van der Waals surface area (Å²) in [6.07, 6.45) is 0.835. The van der Waals surface area contributed by atoms with Crippen molar-refractivity contribution in [1.82, 2.24) is 9.21 Å². The minimum absolute atomic E-state index is 0.133. The highest BCUT2D eigenvalue weighted by atomic mass is 32.2. The number of amides is 1. The van der Waals surface area contributed by atoms with Gasteiger partial charge in [-0.25, -0.2) is 8.42 Å². The molecule has 0 saturated carbocycles. The molecule has 0 aliphatic carbocycles. The van der Waals surface area contributed by atoms with E-state index in [-0.39, 0.29) is 48.5 Å². The molecule has 0 radical (unpaired) electrons. The van der Waals surface area contributed by atoms with Gasteiger partial charge in [0.1, 0.15) is 0 Å². The van der Waals surface area contributed by atoms with Crippen molar-refractivity contribution in [3.63, 3.8) is 0 Å². The molecule has 7 heteroatoms. The molecule has 2 saturated heterocycles. The number of hydrogen-bond acceptors (Lipinski definition) is 4. The smallest absolute Gasteiger partial charge is 0.243 e. The maximum Gasteiger partial charge on any atom is 0.243 e. The Kier molecular flexibility index (Phi) is 6.62. The van der Waals surface area contributed by atoms with Gasteiger partial charge in [-0.1, -0.05) is 56.0 Å². The Morgan fingerprint density at radius 3 is 2.45 bits per heavy atom. The Balaban J connectivity index is 1.58. The number of aliphatic hydroxyl groups excluding tert-OH is 1. The van der Waals surface area contributed by atoms with Crippen LogP contribution in [0, 0.1) is 24.7 Å². The molecule has 2 aliphatic rings. The van der Waals surface area contributed by atoms with E-state index in [0.29, 0.717) is 11.5 Å². The number of carbonyl (C=O) groups excluding carboxylic acids is 1. The molecule has 2 aromatic carbocycles.